The van der Waals surface area contributed by atoms with Gasteiger partial charge in [0.15, 0.2) is 0 Å². The van der Waals surface area contributed by atoms with Gasteiger partial charge in [0, 0.05) is 30.5 Å². The maximum absolute atomic E-state index is 12.4. The van der Waals surface area contributed by atoms with Crippen LogP contribution in [0.2, 0.25) is 0 Å². The van der Waals surface area contributed by atoms with E-state index >= 15 is 0 Å². The van der Waals surface area contributed by atoms with Gasteiger partial charge in [0.05, 0.1) is 13.5 Å². The molecule has 0 fully saturated rings. The molecule has 0 radical (unpaired) electrons. The second-order valence-electron chi connectivity index (χ2n) is 6.53. The zero-order valence-corrected chi connectivity index (χ0v) is 14.5. The van der Waals surface area contributed by atoms with Crippen LogP contribution in [0, 0.1) is 0 Å². The van der Waals surface area contributed by atoms with E-state index in [-0.39, 0.29) is 11.9 Å². The zero-order chi connectivity index (χ0) is 17.1. The second kappa shape index (κ2) is 7.03. The molecule has 2 aromatic rings. The fourth-order valence-corrected chi connectivity index (χ4v) is 3.19. The number of ether oxygens (including phenoxy) is 1. The largest absolute Gasteiger partial charge is 0.496 e. The molecule has 6 heteroatoms. The molecule has 6 nitrogen and oxygen atoms in total. The van der Waals surface area contributed by atoms with E-state index in [1.54, 1.807) is 7.11 Å². The van der Waals surface area contributed by atoms with E-state index in [9.17, 15) is 4.79 Å². The number of nitrogens with zero attached hydrogens (tertiary/aromatic N) is 3. The Morgan fingerprint density at radius 1 is 1.38 bits per heavy atom. The van der Waals surface area contributed by atoms with Crippen LogP contribution in [0.5, 0.6) is 5.75 Å². The fourth-order valence-electron chi connectivity index (χ4n) is 3.19. The Labute approximate surface area is 142 Å². The van der Waals surface area contributed by atoms with Gasteiger partial charge in [-0.1, -0.05) is 32.0 Å². The van der Waals surface area contributed by atoms with Crippen LogP contribution < -0.4 is 10.1 Å². The molecule has 0 spiro atoms. The lowest BCUT2D eigenvalue weighted by Gasteiger charge is -2.26. The van der Waals surface area contributed by atoms with E-state index in [0.29, 0.717) is 12.3 Å². The predicted octanol–water partition coefficient (Wildman–Crippen LogP) is 2.08. The number of nitrogens with one attached hydrogen (secondary N) is 1. The van der Waals surface area contributed by atoms with Crippen molar-refractivity contribution >= 4 is 5.91 Å². The fraction of sp³-hybridized carbons (Fsp3) is 0.500. The van der Waals surface area contributed by atoms with Crippen molar-refractivity contribution < 1.29 is 9.53 Å². The Hall–Kier alpha value is -2.37. The first-order valence-electron chi connectivity index (χ1n) is 8.41. The monoisotopic (exact) mass is 328 g/mol. The molecule has 1 unspecified atom stereocenters. The Bertz CT molecular complexity index is 724. The average Bonchev–Trinajstić information content (AvgIpc) is 2.98. The van der Waals surface area contributed by atoms with Crippen LogP contribution in [0.1, 0.15) is 43.4 Å². The van der Waals surface area contributed by atoms with Crippen molar-refractivity contribution in [1.29, 1.82) is 0 Å². The van der Waals surface area contributed by atoms with Gasteiger partial charge >= 0.3 is 0 Å². The molecule has 24 heavy (non-hydrogen) atoms. The molecule has 1 atom stereocenters. The van der Waals surface area contributed by atoms with Crippen LogP contribution >= 0.6 is 0 Å². The first-order valence-corrected chi connectivity index (χ1v) is 8.41. The normalized spacial score (nSPS) is 16.8. The van der Waals surface area contributed by atoms with Crippen LogP contribution in [-0.4, -0.2) is 33.8 Å². The Kier molecular flexibility index (Phi) is 4.83. The highest BCUT2D eigenvalue weighted by Crippen LogP contribution is 2.21. The number of hydrogen-bond donors (Lipinski definition) is 1. The topological polar surface area (TPSA) is 69.0 Å². The van der Waals surface area contributed by atoms with Gasteiger partial charge in [-0.25, -0.2) is 0 Å². The summed E-state index contributed by atoms with van der Waals surface area (Å²) in [6.07, 6.45) is 2.07. The van der Waals surface area contributed by atoms with E-state index in [1.807, 2.05) is 24.3 Å². The lowest BCUT2D eigenvalue weighted by Crippen LogP contribution is -2.42. The molecule has 128 valence electrons. The van der Waals surface area contributed by atoms with Crippen LogP contribution in [-0.2, 0) is 24.2 Å². The summed E-state index contributed by atoms with van der Waals surface area (Å²) in [6.45, 7) is 4.97. The number of amides is 1. The summed E-state index contributed by atoms with van der Waals surface area (Å²) >= 11 is 0. The number of rotatable bonds is 5. The van der Waals surface area contributed by atoms with Crippen molar-refractivity contribution in [2.24, 2.45) is 0 Å². The molecule has 1 N–H and O–H groups in total. The summed E-state index contributed by atoms with van der Waals surface area (Å²) in [6, 6.07) is 7.75. The van der Waals surface area contributed by atoms with Crippen LogP contribution in [0.3, 0.4) is 0 Å². The van der Waals surface area contributed by atoms with Gasteiger partial charge in [0.2, 0.25) is 5.91 Å². The second-order valence-corrected chi connectivity index (χ2v) is 6.53. The number of aromatic nitrogens is 3. The number of fused-ring (bicyclic) bond motifs is 1. The highest BCUT2D eigenvalue weighted by molar-refractivity contribution is 5.79. The molecule has 1 aliphatic heterocycles. The zero-order valence-electron chi connectivity index (χ0n) is 14.5. The number of methoxy groups -OCH3 is 1. The summed E-state index contributed by atoms with van der Waals surface area (Å²) in [5.74, 6) is 3.11. The van der Waals surface area contributed by atoms with Gasteiger partial charge in [0.1, 0.15) is 17.4 Å². The minimum Gasteiger partial charge on any atom is -0.496 e. The molecule has 1 aromatic heterocycles. The quantitative estimate of drug-likeness (QED) is 0.912. The summed E-state index contributed by atoms with van der Waals surface area (Å²) < 4.78 is 7.47. The third kappa shape index (κ3) is 3.42. The molecule has 0 saturated carbocycles. The molecular weight excluding hydrogens is 304 g/mol. The summed E-state index contributed by atoms with van der Waals surface area (Å²) in [5, 5.41) is 11.7. The molecule has 1 aromatic carbocycles. The van der Waals surface area contributed by atoms with E-state index < -0.39 is 0 Å². The SMILES string of the molecule is COc1ccccc1CC(=O)NC1CCc2nnc(C(C)C)n2C1. The number of carbonyl (C=O) groups is 1. The van der Waals surface area contributed by atoms with Crippen molar-refractivity contribution in [3.63, 3.8) is 0 Å². The van der Waals surface area contributed by atoms with Crippen molar-refractivity contribution in [3.05, 3.63) is 41.5 Å². The standard InChI is InChI=1S/C18H24N4O2/c1-12(2)18-21-20-16-9-8-14(11-22(16)18)19-17(23)10-13-6-4-5-7-15(13)24-3/h4-7,12,14H,8-11H2,1-3H3,(H,19,23). The first-order chi connectivity index (χ1) is 11.6. The van der Waals surface area contributed by atoms with Crippen LogP contribution in [0.4, 0.5) is 0 Å². The van der Waals surface area contributed by atoms with E-state index in [1.165, 1.54) is 0 Å². The summed E-state index contributed by atoms with van der Waals surface area (Å²) in [5.41, 5.74) is 0.904. The molecule has 0 aliphatic carbocycles. The molecule has 3 rings (SSSR count). The molecule has 1 amide bonds. The van der Waals surface area contributed by atoms with E-state index in [4.69, 9.17) is 4.74 Å². The third-order valence-electron chi connectivity index (χ3n) is 4.40. The lowest BCUT2D eigenvalue weighted by molar-refractivity contribution is -0.121. The molecule has 2 heterocycles. The smallest absolute Gasteiger partial charge is 0.224 e. The number of aryl methyl sites for hydroxylation is 1. The highest BCUT2D eigenvalue weighted by Gasteiger charge is 2.25. The number of carbonyl (C=O) groups excluding carboxylic acids is 1. The maximum atomic E-state index is 12.4. The predicted molar refractivity (Wildman–Crippen MR) is 91.1 cm³/mol. The molecular formula is C18H24N4O2. The number of hydrogen-bond acceptors (Lipinski definition) is 4. The van der Waals surface area contributed by atoms with Crippen LogP contribution in [0.15, 0.2) is 24.3 Å². The third-order valence-corrected chi connectivity index (χ3v) is 4.40. The van der Waals surface area contributed by atoms with Gasteiger partial charge in [-0.05, 0) is 12.5 Å². The van der Waals surface area contributed by atoms with Gasteiger partial charge in [-0.3, -0.25) is 4.79 Å². The van der Waals surface area contributed by atoms with Crippen molar-refractivity contribution in [2.75, 3.05) is 7.11 Å². The minimum atomic E-state index is 0.0205. The van der Waals surface area contributed by atoms with Gasteiger partial charge < -0.3 is 14.6 Å². The first kappa shape index (κ1) is 16.5. The maximum Gasteiger partial charge on any atom is 0.224 e. The summed E-state index contributed by atoms with van der Waals surface area (Å²) in [4.78, 5) is 12.4. The average molecular weight is 328 g/mol. The number of benzene rings is 1. The van der Waals surface area contributed by atoms with E-state index in [2.05, 4.69) is 33.9 Å². The lowest BCUT2D eigenvalue weighted by atomic mass is 10.0. The van der Waals surface area contributed by atoms with E-state index in [0.717, 1.165) is 42.3 Å². The van der Waals surface area contributed by atoms with Crippen molar-refractivity contribution in [3.8, 4) is 5.75 Å². The van der Waals surface area contributed by atoms with Crippen molar-refractivity contribution in [1.82, 2.24) is 20.1 Å². The van der Waals surface area contributed by atoms with Gasteiger partial charge in [-0.2, -0.15) is 0 Å². The van der Waals surface area contributed by atoms with Crippen LogP contribution in [0.25, 0.3) is 0 Å². The molecule has 0 saturated heterocycles. The van der Waals surface area contributed by atoms with Gasteiger partial charge in [0.25, 0.3) is 0 Å². The minimum absolute atomic E-state index is 0.0205. The summed E-state index contributed by atoms with van der Waals surface area (Å²) in [7, 11) is 1.62. The number of para-hydroxylation sites is 1. The molecule has 0 bridgehead atoms. The van der Waals surface area contributed by atoms with Crippen molar-refractivity contribution in [2.45, 2.75) is 51.6 Å². The Balaban J connectivity index is 1.64. The Morgan fingerprint density at radius 3 is 2.92 bits per heavy atom. The Morgan fingerprint density at radius 2 is 2.17 bits per heavy atom. The van der Waals surface area contributed by atoms with Gasteiger partial charge in [-0.15, -0.1) is 10.2 Å². The molecule has 1 aliphatic rings. The highest BCUT2D eigenvalue weighted by atomic mass is 16.5.